The molecule has 0 unspecified atom stereocenters. The summed E-state index contributed by atoms with van der Waals surface area (Å²) in [6.07, 6.45) is 6.75. The predicted octanol–water partition coefficient (Wildman–Crippen LogP) is 3.24. The Morgan fingerprint density at radius 3 is 2.54 bits per heavy atom. The molecule has 0 amide bonds. The third-order valence-electron chi connectivity index (χ3n) is 3.69. The third kappa shape index (κ3) is 4.13. The predicted molar refractivity (Wildman–Crippen MR) is 97.3 cm³/mol. The van der Waals surface area contributed by atoms with Gasteiger partial charge in [0.05, 0.1) is 11.8 Å². The monoisotopic (exact) mass is 349 g/mol. The molecule has 132 valence electrons. The highest BCUT2D eigenvalue weighted by atomic mass is 16.5. The number of hydrogen-bond acceptors (Lipinski definition) is 6. The van der Waals surface area contributed by atoms with Crippen molar-refractivity contribution in [1.82, 2.24) is 19.9 Å². The van der Waals surface area contributed by atoms with Gasteiger partial charge in [0.15, 0.2) is 5.84 Å². The van der Waals surface area contributed by atoms with Crippen molar-refractivity contribution in [3.63, 3.8) is 0 Å². The Morgan fingerprint density at radius 2 is 1.88 bits per heavy atom. The van der Waals surface area contributed by atoms with Crippen molar-refractivity contribution in [3.8, 4) is 11.6 Å². The Kier molecular flexibility index (Phi) is 5.38. The molecule has 7 nitrogen and oxygen atoms in total. The molecule has 0 saturated carbocycles. The van der Waals surface area contributed by atoms with E-state index in [1.54, 1.807) is 41.8 Å². The van der Waals surface area contributed by atoms with Crippen LogP contribution in [0.3, 0.4) is 0 Å². The second kappa shape index (κ2) is 8.06. The molecule has 3 aromatic heterocycles. The molecule has 0 aromatic carbocycles. The van der Waals surface area contributed by atoms with Gasteiger partial charge in [0.2, 0.25) is 5.88 Å². The van der Waals surface area contributed by atoms with E-state index < -0.39 is 0 Å². The molecule has 0 aliphatic rings. The average molecular weight is 349 g/mol. The van der Waals surface area contributed by atoms with Crippen LogP contribution in [0.2, 0.25) is 0 Å². The number of aryl methyl sites for hydroxylation is 1. The Balaban J connectivity index is 1.90. The molecule has 0 aliphatic heterocycles. The van der Waals surface area contributed by atoms with Crippen LogP contribution in [0.1, 0.15) is 16.8 Å². The summed E-state index contributed by atoms with van der Waals surface area (Å²) >= 11 is 0. The standard InChI is InChI=1S/C19H19N5O2/c1-14-7-8-17(19(22-14)26-16-6-4-10-21-12-16)18(23-25)24(2)13-15-5-3-9-20-11-15/h3-12,25H,13H2,1-2H3/b23-18-. The quantitative estimate of drug-likeness (QED) is 0.329. The lowest BCUT2D eigenvalue weighted by Crippen LogP contribution is -2.28. The molecule has 0 aliphatic carbocycles. The van der Waals surface area contributed by atoms with Gasteiger partial charge < -0.3 is 14.8 Å². The van der Waals surface area contributed by atoms with Gasteiger partial charge in [0.1, 0.15) is 5.75 Å². The van der Waals surface area contributed by atoms with E-state index in [1.165, 1.54) is 0 Å². The second-order valence-electron chi connectivity index (χ2n) is 5.74. The van der Waals surface area contributed by atoms with Crippen LogP contribution in [0.15, 0.2) is 66.3 Å². The highest BCUT2D eigenvalue weighted by Gasteiger charge is 2.18. The Morgan fingerprint density at radius 1 is 1.12 bits per heavy atom. The van der Waals surface area contributed by atoms with Crippen LogP contribution in [-0.2, 0) is 6.54 Å². The maximum atomic E-state index is 9.62. The molecule has 0 atom stereocenters. The van der Waals surface area contributed by atoms with Gasteiger partial charge in [-0.15, -0.1) is 0 Å². The topological polar surface area (TPSA) is 83.7 Å². The van der Waals surface area contributed by atoms with Gasteiger partial charge in [-0.2, -0.15) is 0 Å². The largest absolute Gasteiger partial charge is 0.437 e. The molecule has 1 N–H and O–H groups in total. The van der Waals surface area contributed by atoms with Crippen LogP contribution < -0.4 is 4.74 Å². The smallest absolute Gasteiger partial charge is 0.230 e. The number of ether oxygens (including phenoxy) is 1. The fraction of sp³-hybridized carbons (Fsp3) is 0.158. The molecular formula is C19H19N5O2. The van der Waals surface area contributed by atoms with Crippen molar-refractivity contribution < 1.29 is 9.94 Å². The third-order valence-corrected chi connectivity index (χ3v) is 3.69. The summed E-state index contributed by atoms with van der Waals surface area (Å²) in [5.74, 6) is 1.25. The van der Waals surface area contributed by atoms with Crippen molar-refractivity contribution in [2.75, 3.05) is 7.05 Å². The summed E-state index contributed by atoms with van der Waals surface area (Å²) in [6.45, 7) is 2.39. The molecule has 0 fully saturated rings. The number of nitrogens with zero attached hydrogens (tertiary/aromatic N) is 5. The molecule has 0 bridgehead atoms. The second-order valence-corrected chi connectivity index (χ2v) is 5.74. The van der Waals surface area contributed by atoms with Gasteiger partial charge in [-0.1, -0.05) is 11.2 Å². The lowest BCUT2D eigenvalue weighted by atomic mass is 10.2. The first-order chi connectivity index (χ1) is 12.7. The summed E-state index contributed by atoms with van der Waals surface area (Å²) < 4.78 is 5.87. The minimum absolute atomic E-state index is 0.347. The maximum Gasteiger partial charge on any atom is 0.230 e. The van der Waals surface area contributed by atoms with Gasteiger partial charge in [0.25, 0.3) is 0 Å². The van der Waals surface area contributed by atoms with Gasteiger partial charge in [-0.3, -0.25) is 9.97 Å². The van der Waals surface area contributed by atoms with E-state index in [0.717, 1.165) is 11.3 Å². The number of aromatic nitrogens is 3. The molecule has 3 heterocycles. The summed E-state index contributed by atoms with van der Waals surface area (Å²) in [5.41, 5.74) is 2.36. The van der Waals surface area contributed by atoms with E-state index in [0.29, 0.717) is 29.6 Å². The van der Waals surface area contributed by atoms with E-state index in [4.69, 9.17) is 4.74 Å². The summed E-state index contributed by atoms with van der Waals surface area (Å²) in [6, 6.07) is 11.1. The van der Waals surface area contributed by atoms with Gasteiger partial charge >= 0.3 is 0 Å². The van der Waals surface area contributed by atoms with E-state index in [-0.39, 0.29) is 0 Å². The normalized spacial score (nSPS) is 11.2. The van der Waals surface area contributed by atoms with E-state index >= 15 is 0 Å². The van der Waals surface area contributed by atoms with Gasteiger partial charge in [-0.25, -0.2) is 4.98 Å². The van der Waals surface area contributed by atoms with Crippen LogP contribution in [0.5, 0.6) is 11.6 Å². The van der Waals surface area contributed by atoms with Crippen LogP contribution >= 0.6 is 0 Å². The number of hydrogen-bond donors (Lipinski definition) is 1. The maximum absolute atomic E-state index is 9.62. The van der Waals surface area contributed by atoms with Crippen molar-refractivity contribution in [2.24, 2.45) is 5.16 Å². The van der Waals surface area contributed by atoms with Crippen LogP contribution in [0.4, 0.5) is 0 Å². The first-order valence-corrected chi connectivity index (χ1v) is 8.05. The zero-order valence-corrected chi connectivity index (χ0v) is 14.6. The Labute approximate surface area is 151 Å². The molecular weight excluding hydrogens is 330 g/mol. The van der Waals surface area contributed by atoms with E-state index in [9.17, 15) is 5.21 Å². The molecule has 0 saturated heterocycles. The van der Waals surface area contributed by atoms with Crippen LogP contribution in [0, 0.1) is 6.92 Å². The minimum atomic E-state index is 0.347. The molecule has 0 radical (unpaired) electrons. The van der Waals surface area contributed by atoms with Crippen molar-refractivity contribution >= 4 is 5.84 Å². The van der Waals surface area contributed by atoms with Crippen LogP contribution in [0.25, 0.3) is 0 Å². The van der Waals surface area contributed by atoms with Crippen molar-refractivity contribution in [1.29, 1.82) is 0 Å². The molecule has 3 aromatic rings. The summed E-state index contributed by atoms with van der Waals surface area (Å²) in [5, 5.41) is 13.1. The number of amidine groups is 1. The average Bonchev–Trinajstić information content (AvgIpc) is 2.66. The highest BCUT2D eigenvalue weighted by Crippen LogP contribution is 2.25. The first-order valence-electron chi connectivity index (χ1n) is 8.05. The molecule has 0 spiro atoms. The fourth-order valence-corrected chi connectivity index (χ4v) is 2.48. The van der Waals surface area contributed by atoms with E-state index in [2.05, 4.69) is 20.1 Å². The minimum Gasteiger partial charge on any atom is -0.437 e. The Bertz CT molecular complexity index is 885. The molecule has 7 heteroatoms. The molecule has 3 rings (SSSR count). The SMILES string of the molecule is Cc1ccc(/C(=N/O)N(C)Cc2cccnc2)c(Oc2cccnc2)n1. The van der Waals surface area contributed by atoms with Gasteiger partial charge in [0, 0.05) is 37.9 Å². The number of pyridine rings is 3. The Hall–Kier alpha value is -3.48. The zero-order valence-electron chi connectivity index (χ0n) is 14.6. The summed E-state index contributed by atoms with van der Waals surface area (Å²) in [7, 11) is 1.83. The first kappa shape index (κ1) is 17.3. The van der Waals surface area contributed by atoms with Crippen molar-refractivity contribution in [3.05, 3.63) is 78.0 Å². The lowest BCUT2D eigenvalue weighted by molar-refractivity contribution is 0.305. The van der Waals surface area contributed by atoms with Crippen LogP contribution in [-0.4, -0.2) is 37.9 Å². The van der Waals surface area contributed by atoms with Gasteiger partial charge in [-0.05, 0) is 42.8 Å². The summed E-state index contributed by atoms with van der Waals surface area (Å²) in [4.78, 5) is 14.4. The number of oxime groups is 1. The highest BCUT2D eigenvalue weighted by molar-refractivity contribution is 6.00. The van der Waals surface area contributed by atoms with E-state index in [1.807, 2.05) is 38.2 Å². The van der Waals surface area contributed by atoms with Crippen molar-refractivity contribution in [2.45, 2.75) is 13.5 Å². The lowest BCUT2D eigenvalue weighted by Gasteiger charge is -2.21. The zero-order chi connectivity index (χ0) is 18.4. The number of rotatable bonds is 5. The fourth-order valence-electron chi connectivity index (χ4n) is 2.48. The molecule has 26 heavy (non-hydrogen) atoms.